The first-order chi connectivity index (χ1) is 9.08. The summed E-state index contributed by atoms with van der Waals surface area (Å²) in [6.45, 7) is 1.03. The van der Waals surface area contributed by atoms with Crippen molar-refractivity contribution in [1.29, 1.82) is 0 Å². The Morgan fingerprint density at radius 2 is 2.37 bits per heavy atom. The van der Waals surface area contributed by atoms with Gasteiger partial charge in [0, 0.05) is 29.2 Å². The van der Waals surface area contributed by atoms with Gasteiger partial charge in [-0.15, -0.1) is 0 Å². The second kappa shape index (κ2) is 4.37. The average Bonchev–Trinajstić information content (AvgIpc) is 2.95. The number of likely N-dealkylation sites (tertiary alicyclic amines) is 1. The van der Waals surface area contributed by atoms with Crippen LogP contribution in [0.25, 0.3) is 5.52 Å². The molecule has 3 N–H and O–H groups in total. The molecule has 2 aromatic heterocycles. The number of amides is 1. The number of nitrogen functional groups attached to an aromatic ring is 1. The first-order valence-corrected chi connectivity index (χ1v) is 6.62. The molecule has 7 nitrogen and oxygen atoms in total. The van der Waals surface area contributed by atoms with Crippen LogP contribution < -0.4 is 5.73 Å². The molecule has 3 heterocycles. The summed E-state index contributed by atoms with van der Waals surface area (Å²) in [5.41, 5.74) is 7.52. The lowest BCUT2D eigenvalue weighted by molar-refractivity contribution is 0.155. The lowest BCUT2D eigenvalue weighted by atomic mass is 10.1. The fourth-order valence-corrected chi connectivity index (χ4v) is 3.12. The van der Waals surface area contributed by atoms with Crippen LogP contribution in [0.1, 0.15) is 18.0 Å². The quantitative estimate of drug-likeness (QED) is 0.829. The van der Waals surface area contributed by atoms with E-state index in [1.807, 2.05) is 6.07 Å². The summed E-state index contributed by atoms with van der Waals surface area (Å²) in [4.78, 5) is 16.3. The molecule has 1 aliphatic rings. The van der Waals surface area contributed by atoms with Gasteiger partial charge in [0.25, 0.3) is 0 Å². The van der Waals surface area contributed by atoms with Crippen molar-refractivity contribution in [2.45, 2.75) is 12.3 Å². The van der Waals surface area contributed by atoms with Crippen molar-refractivity contribution in [2.24, 2.45) is 0 Å². The fourth-order valence-electron chi connectivity index (χ4n) is 2.51. The van der Waals surface area contributed by atoms with Gasteiger partial charge in [-0.25, -0.2) is 14.3 Å². The lowest BCUT2D eigenvalue weighted by Crippen LogP contribution is -2.26. The Balaban J connectivity index is 2.03. The minimum atomic E-state index is -0.878. The van der Waals surface area contributed by atoms with Gasteiger partial charge in [0.05, 0.1) is 0 Å². The van der Waals surface area contributed by atoms with E-state index in [1.165, 1.54) is 11.2 Å². The number of carbonyl (C=O) groups is 1. The van der Waals surface area contributed by atoms with Crippen LogP contribution in [0.3, 0.4) is 0 Å². The topological polar surface area (TPSA) is 96.8 Å². The summed E-state index contributed by atoms with van der Waals surface area (Å²) in [6, 6.07) is 1.94. The molecule has 0 saturated carbocycles. The van der Waals surface area contributed by atoms with Crippen LogP contribution in [0.2, 0.25) is 0 Å². The average molecular weight is 326 g/mol. The number of hydrogen-bond acceptors (Lipinski definition) is 4. The normalized spacial score (nSPS) is 19.2. The molecule has 0 aliphatic carbocycles. The summed E-state index contributed by atoms with van der Waals surface area (Å²) >= 11 is 3.45. The zero-order chi connectivity index (χ0) is 13.6. The SMILES string of the molecule is Nc1ncnn2c(C3CCN(C(=O)O)C3)cc(Br)c12. The maximum atomic E-state index is 11.0. The van der Waals surface area contributed by atoms with E-state index >= 15 is 0 Å². The highest BCUT2D eigenvalue weighted by atomic mass is 79.9. The zero-order valence-electron chi connectivity index (χ0n) is 9.95. The molecule has 3 rings (SSSR count). The van der Waals surface area contributed by atoms with Gasteiger partial charge in [0.2, 0.25) is 0 Å². The van der Waals surface area contributed by atoms with Crippen molar-refractivity contribution in [1.82, 2.24) is 19.5 Å². The van der Waals surface area contributed by atoms with E-state index in [9.17, 15) is 4.79 Å². The fraction of sp³-hybridized carbons (Fsp3) is 0.364. The van der Waals surface area contributed by atoms with E-state index in [2.05, 4.69) is 26.0 Å². The van der Waals surface area contributed by atoms with Gasteiger partial charge in [-0.3, -0.25) is 0 Å². The van der Waals surface area contributed by atoms with Crippen molar-refractivity contribution in [3.05, 3.63) is 22.6 Å². The van der Waals surface area contributed by atoms with Crippen LogP contribution >= 0.6 is 15.9 Å². The number of aromatic nitrogens is 3. The largest absolute Gasteiger partial charge is 0.465 e. The lowest BCUT2D eigenvalue weighted by Gasteiger charge is -2.12. The Hall–Kier alpha value is -1.83. The number of carboxylic acid groups (broad SMARTS) is 1. The number of rotatable bonds is 1. The molecule has 1 fully saturated rings. The second-order valence-electron chi connectivity index (χ2n) is 4.54. The van der Waals surface area contributed by atoms with E-state index in [1.54, 1.807) is 4.52 Å². The minimum Gasteiger partial charge on any atom is -0.465 e. The predicted octanol–water partition coefficient (Wildman–Crippen LogP) is 1.54. The highest BCUT2D eigenvalue weighted by Crippen LogP contribution is 2.33. The van der Waals surface area contributed by atoms with Crippen molar-refractivity contribution in [3.8, 4) is 0 Å². The Morgan fingerprint density at radius 1 is 1.58 bits per heavy atom. The first-order valence-electron chi connectivity index (χ1n) is 5.83. The molecule has 19 heavy (non-hydrogen) atoms. The van der Waals surface area contributed by atoms with Crippen LogP contribution in [-0.4, -0.2) is 43.8 Å². The molecule has 1 atom stereocenters. The Bertz CT molecular complexity index is 656. The number of fused-ring (bicyclic) bond motifs is 1. The molecule has 1 aliphatic heterocycles. The van der Waals surface area contributed by atoms with Crippen molar-refractivity contribution in [3.63, 3.8) is 0 Å². The Kier molecular flexibility index (Phi) is 2.81. The second-order valence-corrected chi connectivity index (χ2v) is 5.39. The van der Waals surface area contributed by atoms with Gasteiger partial charge < -0.3 is 15.7 Å². The number of halogens is 1. The molecule has 0 bridgehead atoms. The standard InChI is InChI=1S/C11H12BrN5O2/c12-7-3-8(6-1-2-16(4-6)11(18)19)17-9(7)10(13)14-5-15-17/h3,5-6H,1-2,4H2,(H,18,19)(H2,13,14,15). The highest BCUT2D eigenvalue weighted by Gasteiger charge is 2.30. The summed E-state index contributed by atoms with van der Waals surface area (Å²) in [5, 5.41) is 13.2. The van der Waals surface area contributed by atoms with Gasteiger partial charge >= 0.3 is 6.09 Å². The predicted molar refractivity (Wildman–Crippen MR) is 72.1 cm³/mol. The molecule has 0 aromatic carbocycles. The third-order valence-electron chi connectivity index (χ3n) is 3.44. The van der Waals surface area contributed by atoms with Gasteiger partial charge in [-0.2, -0.15) is 5.10 Å². The molecular weight excluding hydrogens is 314 g/mol. The van der Waals surface area contributed by atoms with E-state index in [0.29, 0.717) is 18.9 Å². The summed E-state index contributed by atoms with van der Waals surface area (Å²) in [5.74, 6) is 0.533. The van der Waals surface area contributed by atoms with Crippen molar-refractivity contribution in [2.75, 3.05) is 18.8 Å². The van der Waals surface area contributed by atoms with Crippen LogP contribution in [0.5, 0.6) is 0 Å². The zero-order valence-corrected chi connectivity index (χ0v) is 11.5. The third-order valence-corrected chi connectivity index (χ3v) is 4.05. The van der Waals surface area contributed by atoms with E-state index < -0.39 is 6.09 Å². The molecule has 1 amide bonds. The van der Waals surface area contributed by atoms with Crippen LogP contribution in [0, 0.1) is 0 Å². The summed E-state index contributed by atoms with van der Waals surface area (Å²) in [6.07, 6.45) is 1.31. The van der Waals surface area contributed by atoms with Crippen LogP contribution in [0.4, 0.5) is 10.6 Å². The Morgan fingerprint density at radius 3 is 3.05 bits per heavy atom. The number of nitrogens with zero attached hydrogens (tertiary/aromatic N) is 4. The van der Waals surface area contributed by atoms with Gasteiger partial charge in [0.15, 0.2) is 5.82 Å². The smallest absolute Gasteiger partial charge is 0.407 e. The van der Waals surface area contributed by atoms with E-state index in [-0.39, 0.29) is 5.92 Å². The maximum absolute atomic E-state index is 11.0. The number of nitrogens with two attached hydrogens (primary N) is 1. The van der Waals surface area contributed by atoms with Crippen molar-refractivity contribution < 1.29 is 9.90 Å². The first kappa shape index (κ1) is 12.2. The number of anilines is 1. The van der Waals surface area contributed by atoms with Crippen molar-refractivity contribution >= 4 is 33.4 Å². The molecule has 100 valence electrons. The number of hydrogen-bond donors (Lipinski definition) is 2. The summed E-state index contributed by atoms with van der Waals surface area (Å²) < 4.78 is 2.57. The maximum Gasteiger partial charge on any atom is 0.407 e. The van der Waals surface area contributed by atoms with Gasteiger partial charge in [-0.1, -0.05) is 0 Å². The van der Waals surface area contributed by atoms with Gasteiger partial charge in [0.1, 0.15) is 11.8 Å². The summed E-state index contributed by atoms with van der Waals surface area (Å²) in [7, 11) is 0. The van der Waals surface area contributed by atoms with Gasteiger partial charge in [-0.05, 0) is 28.4 Å². The molecule has 2 aromatic rings. The Labute approximate surface area is 117 Å². The molecule has 1 unspecified atom stereocenters. The molecule has 0 spiro atoms. The van der Waals surface area contributed by atoms with Crippen LogP contribution in [0.15, 0.2) is 16.9 Å². The highest BCUT2D eigenvalue weighted by molar-refractivity contribution is 9.10. The third kappa shape index (κ3) is 1.92. The van der Waals surface area contributed by atoms with E-state index in [0.717, 1.165) is 22.1 Å². The monoisotopic (exact) mass is 325 g/mol. The minimum absolute atomic E-state index is 0.129. The molecular formula is C11H12BrN5O2. The molecule has 8 heteroatoms. The van der Waals surface area contributed by atoms with Crippen LogP contribution in [-0.2, 0) is 0 Å². The van der Waals surface area contributed by atoms with E-state index in [4.69, 9.17) is 10.8 Å². The molecule has 1 saturated heterocycles. The molecule has 0 radical (unpaired) electrons.